The van der Waals surface area contributed by atoms with Crippen molar-refractivity contribution in [3.05, 3.63) is 12.1 Å². The summed E-state index contributed by atoms with van der Waals surface area (Å²) < 4.78 is 17.1. The standard InChI is InChI=1S/C38H65N3O7/c1-5-7-9-11-13-15-17-19-21-23-25-37(44)47-30-34(48-38(45)26-24-22-20-18-16-14-12-10-8-6-2)29-46-33-27-35(39-31(3)42)41-36(28-33)40-32(4)43/h27-28,34H,5-26,29-30H2,1-4H3,(H2,39,40,41,42,43). The van der Waals surface area contributed by atoms with Gasteiger partial charge in [0.25, 0.3) is 0 Å². The third kappa shape index (κ3) is 24.9. The van der Waals surface area contributed by atoms with Gasteiger partial charge in [-0.25, -0.2) is 4.98 Å². The predicted octanol–water partition coefficient (Wildman–Crippen LogP) is 9.45. The first-order valence-corrected chi connectivity index (χ1v) is 18.8. The molecule has 0 aromatic carbocycles. The Kier molecular flexibility index (Phi) is 25.7. The molecule has 0 saturated heterocycles. The van der Waals surface area contributed by atoms with Crippen molar-refractivity contribution in [2.24, 2.45) is 0 Å². The SMILES string of the molecule is CCCCCCCCCCCCC(=O)OCC(COc1cc(NC(C)=O)nc(NC(C)=O)c1)OC(=O)CCCCCCCCCCCC. The van der Waals surface area contributed by atoms with Crippen LogP contribution in [0.5, 0.6) is 5.75 Å². The van der Waals surface area contributed by atoms with E-state index in [0.29, 0.717) is 12.2 Å². The Balaban J connectivity index is 2.60. The van der Waals surface area contributed by atoms with E-state index in [4.69, 9.17) is 14.2 Å². The highest BCUT2D eigenvalue weighted by molar-refractivity contribution is 5.90. The molecule has 2 N–H and O–H groups in total. The second-order valence-corrected chi connectivity index (χ2v) is 12.9. The minimum absolute atomic E-state index is 0.0850. The number of esters is 2. The number of rotatable bonds is 30. The van der Waals surface area contributed by atoms with Crippen LogP contribution >= 0.6 is 0 Å². The number of aromatic nitrogens is 1. The zero-order chi connectivity index (χ0) is 35.2. The molecule has 274 valence electrons. The van der Waals surface area contributed by atoms with Gasteiger partial charge < -0.3 is 24.8 Å². The van der Waals surface area contributed by atoms with Gasteiger partial charge in [0.05, 0.1) is 0 Å². The number of hydrogen-bond acceptors (Lipinski definition) is 8. The van der Waals surface area contributed by atoms with Crippen molar-refractivity contribution in [3.8, 4) is 5.75 Å². The highest BCUT2D eigenvalue weighted by Gasteiger charge is 2.19. The molecule has 0 aliphatic heterocycles. The molecular formula is C38H65N3O7. The van der Waals surface area contributed by atoms with E-state index in [1.807, 2.05) is 0 Å². The number of carbonyl (C=O) groups is 4. The van der Waals surface area contributed by atoms with Crippen LogP contribution in [0.4, 0.5) is 11.6 Å². The Labute approximate surface area is 290 Å². The Morgan fingerprint density at radius 3 is 1.40 bits per heavy atom. The monoisotopic (exact) mass is 675 g/mol. The maximum absolute atomic E-state index is 12.7. The fourth-order valence-corrected chi connectivity index (χ4v) is 5.40. The first kappa shape index (κ1) is 42.9. The molecule has 0 aliphatic rings. The Hall–Kier alpha value is -3.17. The minimum Gasteiger partial charge on any atom is -0.489 e. The molecule has 2 amide bonds. The molecule has 48 heavy (non-hydrogen) atoms. The van der Waals surface area contributed by atoms with Gasteiger partial charge in [-0.2, -0.15) is 0 Å². The normalized spacial score (nSPS) is 11.5. The maximum Gasteiger partial charge on any atom is 0.306 e. The zero-order valence-corrected chi connectivity index (χ0v) is 30.5. The zero-order valence-electron chi connectivity index (χ0n) is 30.5. The van der Waals surface area contributed by atoms with E-state index in [1.165, 1.54) is 116 Å². The fourth-order valence-electron chi connectivity index (χ4n) is 5.40. The number of hydrogen-bond donors (Lipinski definition) is 2. The number of amides is 2. The smallest absolute Gasteiger partial charge is 0.306 e. The molecule has 10 heteroatoms. The van der Waals surface area contributed by atoms with E-state index in [2.05, 4.69) is 29.5 Å². The first-order valence-electron chi connectivity index (χ1n) is 18.8. The Morgan fingerprint density at radius 2 is 0.979 bits per heavy atom. The van der Waals surface area contributed by atoms with Crippen LogP contribution in [0.3, 0.4) is 0 Å². The lowest BCUT2D eigenvalue weighted by atomic mass is 10.1. The molecule has 0 spiro atoms. The lowest BCUT2D eigenvalue weighted by molar-refractivity contribution is -0.161. The maximum atomic E-state index is 12.7. The van der Waals surface area contributed by atoms with Gasteiger partial charge >= 0.3 is 11.9 Å². The topological polar surface area (TPSA) is 133 Å². The van der Waals surface area contributed by atoms with Crippen LogP contribution in [0.1, 0.15) is 169 Å². The van der Waals surface area contributed by atoms with Gasteiger partial charge in [0.2, 0.25) is 11.8 Å². The molecule has 1 aromatic heterocycles. The minimum atomic E-state index is -0.820. The largest absolute Gasteiger partial charge is 0.489 e. The Morgan fingerprint density at radius 1 is 0.583 bits per heavy atom. The van der Waals surface area contributed by atoms with Crippen LogP contribution in [0, 0.1) is 0 Å². The van der Waals surface area contributed by atoms with Gasteiger partial charge in [0, 0.05) is 38.8 Å². The Bertz CT molecular complexity index is 999. The summed E-state index contributed by atoms with van der Waals surface area (Å²) in [4.78, 5) is 52.7. The van der Waals surface area contributed by atoms with Gasteiger partial charge in [0.1, 0.15) is 30.6 Å². The van der Waals surface area contributed by atoms with Crippen LogP contribution in [0.25, 0.3) is 0 Å². The number of nitrogens with one attached hydrogen (secondary N) is 2. The van der Waals surface area contributed by atoms with Crippen LogP contribution < -0.4 is 15.4 Å². The predicted molar refractivity (Wildman–Crippen MR) is 192 cm³/mol. The molecule has 1 rings (SSSR count). The van der Waals surface area contributed by atoms with E-state index >= 15 is 0 Å². The average Bonchev–Trinajstić information content (AvgIpc) is 3.03. The van der Waals surface area contributed by atoms with Gasteiger partial charge in [-0.3, -0.25) is 19.2 Å². The molecule has 0 fully saturated rings. The molecule has 1 heterocycles. The van der Waals surface area contributed by atoms with Gasteiger partial charge in [-0.15, -0.1) is 0 Å². The summed E-state index contributed by atoms with van der Waals surface area (Å²) in [5.41, 5.74) is 0. The molecular weight excluding hydrogens is 610 g/mol. The van der Waals surface area contributed by atoms with Crippen LogP contribution in [0.15, 0.2) is 12.1 Å². The summed E-state index contributed by atoms with van der Waals surface area (Å²) in [7, 11) is 0. The lowest BCUT2D eigenvalue weighted by Crippen LogP contribution is -2.31. The summed E-state index contributed by atoms with van der Waals surface area (Å²) in [6.45, 7) is 6.94. The number of nitrogens with zero attached hydrogens (tertiary/aromatic N) is 1. The van der Waals surface area contributed by atoms with E-state index in [1.54, 1.807) is 0 Å². The molecule has 1 aromatic rings. The van der Waals surface area contributed by atoms with Crippen molar-refractivity contribution >= 4 is 35.4 Å². The summed E-state index contributed by atoms with van der Waals surface area (Å²) >= 11 is 0. The number of ether oxygens (including phenoxy) is 3. The number of pyridine rings is 1. The van der Waals surface area contributed by atoms with Gasteiger partial charge in [-0.05, 0) is 12.8 Å². The van der Waals surface area contributed by atoms with E-state index in [0.717, 1.165) is 38.5 Å². The van der Waals surface area contributed by atoms with Gasteiger partial charge in [0.15, 0.2) is 6.10 Å². The van der Waals surface area contributed by atoms with Crippen molar-refractivity contribution < 1.29 is 33.4 Å². The van der Waals surface area contributed by atoms with Crippen molar-refractivity contribution in [1.29, 1.82) is 0 Å². The highest BCUT2D eigenvalue weighted by Crippen LogP contribution is 2.22. The molecule has 0 saturated carbocycles. The van der Waals surface area contributed by atoms with Crippen LogP contribution in [0.2, 0.25) is 0 Å². The van der Waals surface area contributed by atoms with E-state index in [-0.39, 0.29) is 55.0 Å². The number of carbonyl (C=O) groups excluding carboxylic acids is 4. The molecule has 1 atom stereocenters. The summed E-state index contributed by atoms with van der Waals surface area (Å²) in [5.74, 6) is -0.660. The van der Waals surface area contributed by atoms with Gasteiger partial charge in [-0.1, -0.05) is 129 Å². The van der Waals surface area contributed by atoms with Crippen molar-refractivity contribution in [1.82, 2.24) is 4.98 Å². The highest BCUT2D eigenvalue weighted by atomic mass is 16.6. The third-order valence-corrected chi connectivity index (χ3v) is 8.04. The van der Waals surface area contributed by atoms with Crippen LogP contribution in [-0.4, -0.2) is 48.1 Å². The summed E-state index contributed by atoms with van der Waals surface area (Å²) in [6.07, 6.45) is 23.3. The molecule has 10 nitrogen and oxygen atoms in total. The number of unbranched alkanes of at least 4 members (excludes halogenated alkanes) is 18. The summed E-state index contributed by atoms with van der Waals surface area (Å²) in [6, 6.07) is 3.01. The molecule has 1 unspecified atom stereocenters. The van der Waals surface area contributed by atoms with Crippen molar-refractivity contribution in [2.75, 3.05) is 23.8 Å². The number of anilines is 2. The third-order valence-electron chi connectivity index (χ3n) is 8.04. The molecule has 0 radical (unpaired) electrons. The van der Waals surface area contributed by atoms with Crippen molar-refractivity contribution in [3.63, 3.8) is 0 Å². The molecule has 0 aliphatic carbocycles. The quantitative estimate of drug-likeness (QED) is 0.0609. The summed E-state index contributed by atoms with van der Waals surface area (Å²) in [5, 5.41) is 5.16. The lowest BCUT2D eigenvalue weighted by Gasteiger charge is -2.19. The second kappa shape index (κ2) is 28.8. The molecule has 0 bridgehead atoms. The average molecular weight is 676 g/mol. The van der Waals surface area contributed by atoms with E-state index in [9.17, 15) is 19.2 Å². The van der Waals surface area contributed by atoms with Crippen molar-refractivity contribution in [2.45, 2.75) is 175 Å². The first-order chi connectivity index (χ1) is 23.2. The van der Waals surface area contributed by atoms with Crippen LogP contribution in [-0.2, 0) is 28.7 Å². The van der Waals surface area contributed by atoms with E-state index < -0.39 is 6.10 Å². The second-order valence-electron chi connectivity index (χ2n) is 12.9. The fraction of sp³-hybridized carbons (Fsp3) is 0.763.